The molecule has 112 valence electrons. The van der Waals surface area contributed by atoms with Crippen LogP contribution in [0.1, 0.15) is 37.8 Å². The van der Waals surface area contributed by atoms with Crippen LogP contribution in [-0.4, -0.2) is 35.5 Å². The highest BCUT2D eigenvalue weighted by molar-refractivity contribution is 5.89. The number of hydrogen-bond donors (Lipinski definition) is 1. The lowest BCUT2D eigenvalue weighted by Gasteiger charge is -2.32. The molecule has 1 aromatic heterocycles. The summed E-state index contributed by atoms with van der Waals surface area (Å²) in [5, 5.41) is 1.11. The molecule has 4 heteroatoms. The fraction of sp³-hybridized carbons (Fsp3) is 0.471. The van der Waals surface area contributed by atoms with E-state index in [-0.39, 0.29) is 12.0 Å². The molecular formula is C17H22N2O2. The number of hydrogen-bond acceptors (Lipinski definition) is 3. The molecule has 3 rings (SSSR count). The summed E-state index contributed by atoms with van der Waals surface area (Å²) in [6, 6.07) is 7.83. The Bertz CT molecular complexity index is 614. The molecule has 1 aliphatic rings. The number of aromatic nitrogens is 1. The van der Waals surface area contributed by atoms with Gasteiger partial charge in [0.2, 0.25) is 0 Å². The predicted molar refractivity (Wildman–Crippen MR) is 83.1 cm³/mol. The number of ether oxygens (including phenoxy) is 1. The van der Waals surface area contributed by atoms with Crippen molar-refractivity contribution in [3.63, 3.8) is 0 Å². The van der Waals surface area contributed by atoms with Gasteiger partial charge >= 0.3 is 5.97 Å². The van der Waals surface area contributed by atoms with Crippen molar-refractivity contribution in [3.05, 3.63) is 36.0 Å². The summed E-state index contributed by atoms with van der Waals surface area (Å²) in [6.07, 6.45) is 5.51. The van der Waals surface area contributed by atoms with Crippen molar-refractivity contribution >= 4 is 16.9 Å². The molecule has 2 heterocycles. The van der Waals surface area contributed by atoms with Crippen LogP contribution in [0.15, 0.2) is 30.5 Å². The van der Waals surface area contributed by atoms with E-state index in [2.05, 4.69) is 16.0 Å². The number of likely N-dealkylation sites (tertiary alicyclic amines) is 1. The number of aromatic amines is 1. The normalized spacial score (nSPS) is 17.8. The molecule has 1 aromatic carbocycles. The SMILES string of the molecule is CCOC(=O)C(c1c[nH]c2ccccc12)N1CCCCC1. The number of carbonyl (C=O) groups excluding carboxylic acids is 1. The number of rotatable bonds is 4. The van der Waals surface area contributed by atoms with E-state index < -0.39 is 0 Å². The second kappa shape index (κ2) is 6.31. The monoisotopic (exact) mass is 286 g/mol. The molecule has 2 aromatic rings. The molecule has 4 nitrogen and oxygen atoms in total. The highest BCUT2D eigenvalue weighted by atomic mass is 16.5. The highest BCUT2D eigenvalue weighted by Gasteiger charge is 2.31. The second-order valence-corrected chi connectivity index (χ2v) is 5.54. The zero-order valence-electron chi connectivity index (χ0n) is 12.5. The first-order valence-corrected chi connectivity index (χ1v) is 7.78. The van der Waals surface area contributed by atoms with E-state index in [1.165, 1.54) is 6.42 Å². The van der Waals surface area contributed by atoms with Crippen LogP contribution >= 0.6 is 0 Å². The van der Waals surface area contributed by atoms with Crippen molar-refractivity contribution in [2.75, 3.05) is 19.7 Å². The van der Waals surface area contributed by atoms with E-state index in [0.717, 1.165) is 42.4 Å². The van der Waals surface area contributed by atoms with Gasteiger partial charge in [-0.05, 0) is 38.9 Å². The molecule has 1 unspecified atom stereocenters. The molecule has 1 saturated heterocycles. The molecule has 1 N–H and O–H groups in total. The van der Waals surface area contributed by atoms with Crippen molar-refractivity contribution < 1.29 is 9.53 Å². The average molecular weight is 286 g/mol. The van der Waals surface area contributed by atoms with E-state index in [9.17, 15) is 4.79 Å². The van der Waals surface area contributed by atoms with Gasteiger partial charge in [-0.1, -0.05) is 24.6 Å². The van der Waals surface area contributed by atoms with E-state index in [0.29, 0.717) is 6.61 Å². The lowest BCUT2D eigenvalue weighted by atomic mass is 10.0. The third-order valence-corrected chi connectivity index (χ3v) is 4.18. The Hall–Kier alpha value is -1.81. The van der Waals surface area contributed by atoms with Gasteiger partial charge in [0, 0.05) is 22.7 Å². The summed E-state index contributed by atoms with van der Waals surface area (Å²) >= 11 is 0. The number of carbonyl (C=O) groups is 1. The topological polar surface area (TPSA) is 45.3 Å². The maximum atomic E-state index is 12.5. The zero-order valence-corrected chi connectivity index (χ0v) is 12.5. The summed E-state index contributed by atoms with van der Waals surface area (Å²) in [4.78, 5) is 18.0. The van der Waals surface area contributed by atoms with Gasteiger partial charge in [-0.15, -0.1) is 0 Å². The molecule has 0 aliphatic carbocycles. The van der Waals surface area contributed by atoms with Gasteiger partial charge in [0.1, 0.15) is 6.04 Å². The summed E-state index contributed by atoms with van der Waals surface area (Å²) in [5.41, 5.74) is 2.10. The first-order chi connectivity index (χ1) is 10.3. The molecule has 1 fully saturated rings. The predicted octanol–water partition coefficient (Wildman–Crippen LogP) is 3.26. The van der Waals surface area contributed by atoms with Gasteiger partial charge < -0.3 is 9.72 Å². The summed E-state index contributed by atoms with van der Waals surface area (Å²) in [7, 11) is 0. The van der Waals surface area contributed by atoms with Crippen molar-refractivity contribution in [2.24, 2.45) is 0 Å². The Labute approximate surface area is 125 Å². The van der Waals surface area contributed by atoms with Crippen molar-refractivity contribution in [1.29, 1.82) is 0 Å². The Kier molecular flexibility index (Phi) is 4.25. The number of H-pyrrole nitrogens is 1. The maximum Gasteiger partial charge on any atom is 0.328 e. The Balaban J connectivity index is 1.99. The number of para-hydroxylation sites is 1. The van der Waals surface area contributed by atoms with Crippen LogP contribution < -0.4 is 0 Å². The van der Waals surface area contributed by atoms with Crippen LogP contribution in [0.5, 0.6) is 0 Å². The van der Waals surface area contributed by atoms with Crippen LogP contribution in [0.2, 0.25) is 0 Å². The molecule has 0 saturated carbocycles. The minimum Gasteiger partial charge on any atom is -0.465 e. The number of fused-ring (bicyclic) bond motifs is 1. The average Bonchev–Trinajstić information content (AvgIpc) is 2.93. The number of piperidine rings is 1. The van der Waals surface area contributed by atoms with Crippen molar-refractivity contribution in [1.82, 2.24) is 9.88 Å². The first kappa shape index (κ1) is 14.1. The lowest BCUT2D eigenvalue weighted by Crippen LogP contribution is -2.38. The van der Waals surface area contributed by atoms with Crippen LogP contribution in [-0.2, 0) is 9.53 Å². The quantitative estimate of drug-likeness (QED) is 0.877. The van der Waals surface area contributed by atoms with E-state index in [1.807, 2.05) is 31.3 Å². The van der Waals surface area contributed by atoms with Gasteiger partial charge in [0.25, 0.3) is 0 Å². The summed E-state index contributed by atoms with van der Waals surface area (Å²) < 4.78 is 5.34. The largest absolute Gasteiger partial charge is 0.465 e. The Morgan fingerprint density at radius 1 is 1.29 bits per heavy atom. The molecule has 1 aliphatic heterocycles. The van der Waals surface area contributed by atoms with Crippen molar-refractivity contribution in [2.45, 2.75) is 32.2 Å². The van der Waals surface area contributed by atoms with Crippen LogP contribution in [0.3, 0.4) is 0 Å². The molecule has 0 bridgehead atoms. The Morgan fingerprint density at radius 2 is 2.05 bits per heavy atom. The molecular weight excluding hydrogens is 264 g/mol. The standard InChI is InChI=1S/C17H22N2O2/c1-2-21-17(20)16(19-10-6-3-7-11-19)14-12-18-15-9-5-4-8-13(14)15/h4-5,8-9,12,16,18H,2-3,6-7,10-11H2,1H3. The summed E-state index contributed by atoms with van der Waals surface area (Å²) in [5.74, 6) is -0.135. The van der Waals surface area contributed by atoms with Gasteiger partial charge in [-0.25, -0.2) is 4.79 Å². The van der Waals surface area contributed by atoms with E-state index in [1.54, 1.807) is 0 Å². The third-order valence-electron chi connectivity index (χ3n) is 4.18. The molecule has 1 atom stereocenters. The fourth-order valence-corrected chi connectivity index (χ4v) is 3.19. The smallest absolute Gasteiger partial charge is 0.328 e. The van der Waals surface area contributed by atoms with Gasteiger partial charge in [-0.3, -0.25) is 4.90 Å². The molecule has 0 amide bonds. The lowest BCUT2D eigenvalue weighted by molar-refractivity contribution is -0.150. The van der Waals surface area contributed by atoms with Crippen LogP contribution in [0.25, 0.3) is 10.9 Å². The molecule has 0 radical (unpaired) electrons. The van der Waals surface area contributed by atoms with Crippen LogP contribution in [0, 0.1) is 0 Å². The number of benzene rings is 1. The number of nitrogens with one attached hydrogen (secondary N) is 1. The highest BCUT2D eigenvalue weighted by Crippen LogP contribution is 2.31. The van der Waals surface area contributed by atoms with Gasteiger partial charge in [0.05, 0.1) is 6.61 Å². The third kappa shape index (κ3) is 2.81. The first-order valence-electron chi connectivity index (χ1n) is 7.78. The molecule has 0 spiro atoms. The van der Waals surface area contributed by atoms with Crippen LogP contribution in [0.4, 0.5) is 0 Å². The minimum absolute atomic E-state index is 0.135. The zero-order chi connectivity index (χ0) is 14.7. The second-order valence-electron chi connectivity index (χ2n) is 5.54. The number of nitrogens with zero attached hydrogens (tertiary/aromatic N) is 1. The fourth-order valence-electron chi connectivity index (χ4n) is 3.19. The summed E-state index contributed by atoms with van der Waals surface area (Å²) in [6.45, 7) is 4.21. The molecule has 21 heavy (non-hydrogen) atoms. The van der Waals surface area contributed by atoms with Gasteiger partial charge in [-0.2, -0.15) is 0 Å². The Morgan fingerprint density at radius 3 is 2.81 bits per heavy atom. The van der Waals surface area contributed by atoms with Crippen molar-refractivity contribution in [3.8, 4) is 0 Å². The maximum absolute atomic E-state index is 12.5. The minimum atomic E-state index is -0.290. The van der Waals surface area contributed by atoms with E-state index >= 15 is 0 Å². The van der Waals surface area contributed by atoms with Gasteiger partial charge in [0.15, 0.2) is 0 Å². The van der Waals surface area contributed by atoms with E-state index in [4.69, 9.17) is 4.74 Å². The number of esters is 1.